The van der Waals surface area contributed by atoms with Crippen LogP contribution >= 0.6 is 15.9 Å². The number of carbonyl (C=O) groups excluding carboxylic acids is 1. The average Bonchev–Trinajstić information content (AvgIpc) is 2.70. The molecule has 5 heteroatoms. The van der Waals surface area contributed by atoms with Crippen LogP contribution in [0, 0.1) is 0 Å². The fourth-order valence-electron chi connectivity index (χ4n) is 2.66. The maximum atomic E-state index is 12.3. The van der Waals surface area contributed by atoms with Crippen molar-refractivity contribution in [2.75, 3.05) is 7.11 Å². The maximum Gasteiger partial charge on any atom is 0.185 e. The van der Waals surface area contributed by atoms with Crippen molar-refractivity contribution < 1.29 is 19.4 Å². The molecule has 0 aliphatic rings. The first-order valence-electron chi connectivity index (χ1n) is 8.62. The number of benzene rings is 3. The van der Waals surface area contributed by atoms with Crippen LogP contribution in [0.25, 0.3) is 6.08 Å². The molecule has 0 aromatic heterocycles. The van der Waals surface area contributed by atoms with Crippen molar-refractivity contribution in [2.24, 2.45) is 0 Å². The topological polar surface area (TPSA) is 55.8 Å². The fraction of sp³-hybridized carbons (Fsp3) is 0.0870. The van der Waals surface area contributed by atoms with E-state index in [4.69, 9.17) is 9.47 Å². The summed E-state index contributed by atoms with van der Waals surface area (Å²) in [5, 5.41) is 9.50. The Kier molecular flexibility index (Phi) is 6.50. The van der Waals surface area contributed by atoms with Crippen LogP contribution in [0.15, 0.2) is 77.3 Å². The molecule has 0 amide bonds. The van der Waals surface area contributed by atoms with E-state index in [1.165, 1.54) is 18.2 Å². The van der Waals surface area contributed by atoms with E-state index in [0.717, 1.165) is 21.3 Å². The zero-order valence-electron chi connectivity index (χ0n) is 15.3. The Morgan fingerprint density at radius 1 is 1.07 bits per heavy atom. The number of rotatable bonds is 7. The molecule has 3 aromatic carbocycles. The first-order valence-corrected chi connectivity index (χ1v) is 9.41. The van der Waals surface area contributed by atoms with E-state index in [-0.39, 0.29) is 11.5 Å². The van der Waals surface area contributed by atoms with Gasteiger partial charge >= 0.3 is 0 Å². The van der Waals surface area contributed by atoms with Gasteiger partial charge in [0.2, 0.25) is 0 Å². The zero-order valence-corrected chi connectivity index (χ0v) is 16.8. The second-order valence-electron chi connectivity index (χ2n) is 6.07. The standard InChI is InChI=1S/C23H19BrO4/c1-27-23-11-9-16(8-10-22(26)17-4-2-6-20(25)13-17)12-18(23)15-28-21-7-3-5-19(24)14-21/h2-14,25H,15H2,1H3/b10-8+. The van der Waals surface area contributed by atoms with Crippen molar-refractivity contribution in [2.45, 2.75) is 6.61 Å². The normalized spacial score (nSPS) is 10.8. The van der Waals surface area contributed by atoms with Crippen molar-refractivity contribution >= 4 is 27.8 Å². The molecule has 28 heavy (non-hydrogen) atoms. The van der Waals surface area contributed by atoms with Gasteiger partial charge in [-0.05, 0) is 54.1 Å². The first-order chi connectivity index (χ1) is 13.5. The molecule has 0 atom stereocenters. The number of ketones is 1. The fourth-order valence-corrected chi connectivity index (χ4v) is 3.04. The van der Waals surface area contributed by atoms with Gasteiger partial charge in [-0.3, -0.25) is 4.79 Å². The van der Waals surface area contributed by atoms with Crippen LogP contribution in [-0.4, -0.2) is 18.0 Å². The minimum Gasteiger partial charge on any atom is -0.508 e. The molecule has 3 rings (SSSR count). The van der Waals surface area contributed by atoms with Crippen molar-refractivity contribution in [1.29, 1.82) is 0 Å². The van der Waals surface area contributed by atoms with Gasteiger partial charge in [-0.2, -0.15) is 0 Å². The van der Waals surface area contributed by atoms with E-state index in [1.54, 1.807) is 25.3 Å². The number of allylic oxidation sites excluding steroid dienone is 1. The number of phenolic OH excluding ortho intramolecular Hbond substituents is 1. The summed E-state index contributed by atoms with van der Waals surface area (Å²) in [6.45, 7) is 0.335. The summed E-state index contributed by atoms with van der Waals surface area (Å²) in [5.74, 6) is 1.34. The molecule has 0 fully saturated rings. The molecule has 0 heterocycles. The van der Waals surface area contributed by atoms with Gasteiger partial charge in [-0.25, -0.2) is 0 Å². The predicted octanol–water partition coefficient (Wildman–Crippen LogP) is 5.64. The number of methoxy groups -OCH3 is 1. The predicted molar refractivity (Wildman–Crippen MR) is 113 cm³/mol. The summed E-state index contributed by atoms with van der Waals surface area (Å²) in [6, 6.07) is 19.5. The monoisotopic (exact) mass is 438 g/mol. The van der Waals surface area contributed by atoms with E-state index >= 15 is 0 Å². The van der Waals surface area contributed by atoms with Crippen LogP contribution in [0.4, 0.5) is 0 Å². The number of carbonyl (C=O) groups is 1. The van der Waals surface area contributed by atoms with Crippen molar-refractivity contribution in [3.63, 3.8) is 0 Å². The molecule has 4 nitrogen and oxygen atoms in total. The van der Waals surface area contributed by atoms with Crippen molar-refractivity contribution in [3.05, 3.63) is 94.0 Å². The summed E-state index contributed by atoms with van der Waals surface area (Å²) >= 11 is 3.42. The minimum absolute atomic E-state index is 0.0654. The third-order valence-corrected chi connectivity index (χ3v) is 4.55. The SMILES string of the molecule is COc1ccc(/C=C/C(=O)c2cccc(O)c2)cc1COc1cccc(Br)c1. The van der Waals surface area contributed by atoms with Gasteiger partial charge in [-0.15, -0.1) is 0 Å². The smallest absolute Gasteiger partial charge is 0.185 e. The lowest BCUT2D eigenvalue weighted by Crippen LogP contribution is -1.99. The van der Waals surface area contributed by atoms with E-state index in [2.05, 4.69) is 15.9 Å². The maximum absolute atomic E-state index is 12.3. The molecule has 142 valence electrons. The lowest BCUT2D eigenvalue weighted by atomic mass is 10.1. The van der Waals surface area contributed by atoms with Gasteiger partial charge in [-0.1, -0.05) is 46.3 Å². The molecule has 0 bridgehead atoms. The molecule has 1 N–H and O–H groups in total. The third-order valence-electron chi connectivity index (χ3n) is 4.05. The first kappa shape index (κ1) is 19.7. The summed E-state index contributed by atoms with van der Waals surface area (Å²) in [7, 11) is 1.61. The van der Waals surface area contributed by atoms with Gasteiger partial charge in [0.05, 0.1) is 7.11 Å². The number of hydrogen-bond acceptors (Lipinski definition) is 4. The van der Waals surface area contributed by atoms with Crippen LogP contribution in [0.1, 0.15) is 21.5 Å². The Bertz CT molecular complexity index is 1010. The Balaban J connectivity index is 1.75. The highest BCUT2D eigenvalue weighted by Crippen LogP contribution is 2.24. The average molecular weight is 439 g/mol. The highest BCUT2D eigenvalue weighted by atomic mass is 79.9. The molecule has 0 unspecified atom stereocenters. The van der Waals surface area contributed by atoms with Crippen molar-refractivity contribution in [1.82, 2.24) is 0 Å². The van der Waals surface area contributed by atoms with E-state index in [9.17, 15) is 9.90 Å². The molecular weight excluding hydrogens is 420 g/mol. The summed E-state index contributed by atoms with van der Waals surface area (Å²) in [5.41, 5.74) is 2.15. The number of aromatic hydroxyl groups is 1. The van der Waals surface area contributed by atoms with E-state index < -0.39 is 0 Å². The molecule has 0 saturated carbocycles. The molecule has 0 radical (unpaired) electrons. The second kappa shape index (κ2) is 9.24. The van der Waals surface area contributed by atoms with Gasteiger partial charge < -0.3 is 14.6 Å². The molecular formula is C23H19BrO4. The molecule has 0 saturated heterocycles. The summed E-state index contributed by atoms with van der Waals surface area (Å²) < 4.78 is 12.2. The molecule has 3 aromatic rings. The number of phenols is 1. The Morgan fingerprint density at radius 3 is 2.64 bits per heavy atom. The third kappa shape index (κ3) is 5.24. The second-order valence-corrected chi connectivity index (χ2v) is 6.98. The quantitative estimate of drug-likeness (QED) is 0.383. The number of hydrogen-bond donors (Lipinski definition) is 1. The van der Waals surface area contributed by atoms with Gasteiger partial charge in [0.1, 0.15) is 23.9 Å². The molecule has 0 spiro atoms. The van der Waals surface area contributed by atoms with Crippen LogP contribution in [0.2, 0.25) is 0 Å². The van der Waals surface area contributed by atoms with E-state index in [0.29, 0.717) is 17.9 Å². The Hall–Kier alpha value is -3.05. The minimum atomic E-state index is -0.182. The Labute approximate surface area is 172 Å². The lowest BCUT2D eigenvalue weighted by Gasteiger charge is -2.11. The van der Waals surface area contributed by atoms with Crippen LogP contribution in [0.5, 0.6) is 17.2 Å². The number of ether oxygens (including phenoxy) is 2. The summed E-state index contributed by atoms with van der Waals surface area (Å²) in [6.07, 6.45) is 3.21. The van der Waals surface area contributed by atoms with Crippen molar-refractivity contribution in [3.8, 4) is 17.2 Å². The Morgan fingerprint density at radius 2 is 1.89 bits per heavy atom. The molecule has 0 aliphatic carbocycles. The molecule has 0 aliphatic heterocycles. The lowest BCUT2D eigenvalue weighted by molar-refractivity contribution is 0.104. The zero-order chi connectivity index (χ0) is 19.9. The largest absolute Gasteiger partial charge is 0.508 e. The highest BCUT2D eigenvalue weighted by molar-refractivity contribution is 9.10. The highest BCUT2D eigenvalue weighted by Gasteiger charge is 2.07. The van der Waals surface area contributed by atoms with Crippen LogP contribution in [0.3, 0.4) is 0 Å². The van der Waals surface area contributed by atoms with Crippen LogP contribution < -0.4 is 9.47 Å². The summed E-state index contributed by atoms with van der Waals surface area (Å²) in [4.78, 5) is 12.3. The van der Waals surface area contributed by atoms with E-state index in [1.807, 2.05) is 42.5 Å². The number of halogens is 1. The van der Waals surface area contributed by atoms with Gasteiger partial charge in [0, 0.05) is 15.6 Å². The van der Waals surface area contributed by atoms with Gasteiger partial charge in [0.25, 0.3) is 0 Å². The van der Waals surface area contributed by atoms with Gasteiger partial charge in [0.15, 0.2) is 5.78 Å². The van der Waals surface area contributed by atoms with Crippen LogP contribution in [-0.2, 0) is 6.61 Å².